The summed E-state index contributed by atoms with van der Waals surface area (Å²) in [7, 11) is 0. The summed E-state index contributed by atoms with van der Waals surface area (Å²) in [6, 6.07) is -1.42. The van der Waals surface area contributed by atoms with Crippen molar-refractivity contribution in [3.8, 4) is 0 Å². The Morgan fingerprint density at radius 3 is 2.32 bits per heavy atom. The van der Waals surface area contributed by atoms with E-state index in [4.69, 9.17) is 0 Å². The third kappa shape index (κ3) is 1.98. The number of aliphatic carboxylic acids is 1. The van der Waals surface area contributed by atoms with E-state index in [9.17, 15) is 24.9 Å². The van der Waals surface area contributed by atoms with E-state index >= 15 is 0 Å². The summed E-state index contributed by atoms with van der Waals surface area (Å²) < 4.78 is 0. The molecule has 0 aromatic carbocycles. The monoisotopic (exact) mass is 269 g/mol. The van der Waals surface area contributed by atoms with Gasteiger partial charge in [-0.1, -0.05) is 12.8 Å². The lowest BCUT2D eigenvalue weighted by Crippen LogP contribution is -2.68. The molecule has 4 rings (SSSR count). The molecule has 0 aromatic rings. The van der Waals surface area contributed by atoms with Gasteiger partial charge in [-0.15, -0.1) is 0 Å². The number of carboxylic acids is 1. The normalized spacial score (nSPS) is 41.3. The Bertz CT molecular complexity index is 408. The Kier molecular flexibility index (Phi) is 2.92. The van der Waals surface area contributed by atoms with E-state index in [0.717, 1.165) is 24.2 Å². The predicted molar refractivity (Wildman–Crippen MR) is 64.6 cm³/mol. The molecule has 2 aliphatic heterocycles. The second-order valence-electron chi connectivity index (χ2n) is 6.11. The molecule has 2 heterocycles. The van der Waals surface area contributed by atoms with Crippen molar-refractivity contribution in [1.82, 2.24) is 4.90 Å². The second-order valence-corrected chi connectivity index (χ2v) is 6.11. The molecule has 2 saturated carbocycles. The minimum absolute atomic E-state index is 0.0852. The molecule has 0 aromatic heterocycles. The van der Waals surface area contributed by atoms with Crippen molar-refractivity contribution >= 4 is 12.1 Å². The van der Waals surface area contributed by atoms with Crippen LogP contribution in [0, 0.1) is 17.8 Å². The van der Waals surface area contributed by atoms with Crippen molar-refractivity contribution in [2.45, 2.75) is 50.3 Å². The van der Waals surface area contributed by atoms with Gasteiger partial charge >= 0.3 is 12.1 Å². The van der Waals surface area contributed by atoms with Gasteiger partial charge < -0.3 is 15.3 Å². The lowest BCUT2D eigenvalue weighted by Gasteiger charge is -2.54. The smallest absolute Gasteiger partial charge is 0.408 e. The predicted octanol–water partition coefficient (Wildman–Crippen LogP) is 0.989. The first kappa shape index (κ1) is 12.7. The molecule has 2 saturated heterocycles. The number of rotatable bonds is 3. The average Bonchev–Trinajstić information content (AvgIpc) is 3.16. The van der Waals surface area contributed by atoms with Crippen LogP contribution in [0.25, 0.3) is 0 Å². The third-order valence-electron chi connectivity index (χ3n) is 5.01. The maximum atomic E-state index is 11.4. The van der Waals surface area contributed by atoms with Crippen LogP contribution < -0.4 is 0 Å². The van der Waals surface area contributed by atoms with Gasteiger partial charge in [0.1, 0.15) is 6.04 Å². The Labute approximate surface area is 111 Å². The number of amides is 1. The molecular weight excluding hydrogens is 250 g/mol. The van der Waals surface area contributed by atoms with Gasteiger partial charge in [0.2, 0.25) is 0 Å². The minimum Gasteiger partial charge on any atom is -0.480 e. The minimum atomic E-state index is -1.17. The maximum Gasteiger partial charge on any atom is 0.408 e. The molecule has 6 heteroatoms. The molecule has 2 bridgehead atoms. The maximum absolute atomic E-state index is 11.4. The third-order valence-corrected chi connectivity index (χ3v) is 5.01. The van der Waals surface area contributed by atoms with E-state index in [-0.39, 0.29) is 12.0 Å². The largest absolute Gasteiger partial charge is 0.480 e. The van der Waals surface area contributed by atoms with Gasteiger partial charge in [0, 0.05) is 17.9 Å². The van der Waals surface area contributed by atoms with E-state index in [0.29, 0.717) is 18.8 Å². The first-order valence-electron chi connectivity index (χ1n) is 6.93. The van der Waals surface area contributed by atoms with Crippen LogP contribution in [0.1, 0.15) is 32.1 Å². The Morgan fingerprint density at radius 1 is 1.11 bits per heavy atom. The second kappa shape index (κ2) is 4.37. The fourth-order valence-corrected chi connectivity index (χ4v) is 3.99. The van der Waals surface area contributed by atoms with Crippen molar-refractivity contribution in [3.05, 3.63) is 0 Å². The summed E-state index contributed by atoms with van der Waals surface area (Å²) in [5.41, 5.74) is 0. The summed E-state index contributed by atoms with van der Waals surface area (Å²) in [6.45, 7) is 0. The zero-order valence-electron chi connectivity index (χ0n) is 10.6. The molecule has 4 aliphatic rings. The summed E-state index contributed by atoms with van der Waals surface area (Å²) >= 11 is 0. The van der Waals surface area contributed by atoms with Crippen LogP contribution in [0.2, 0.25) is 0 Å². The molecule has 4 fully saturated rings. The van der Waals surface area contributed by atoms with Crippen LogP contribution >= 0.6 is 0 Å². The standard InChI is InChI=1S/C13H19NO5/c15-11-7-3-4-9(8(11)5-6-1-2-6)14(13(18)19)10(7)12(16)17/h6-11,15H,1-5H2,(H,16,17)(H,18,19)/t7-,8?,9-,10-,11+/m0/s1. The highest BCUT2D eigenvalue weighted by Crippen LogP contribution is 2.48. The van der Waals surface area contributed by atoms with Crippen LogP contribution in [-0.4, -0.2) is 50.5 Å². The highest BCUT2D eigenvalue weighted by atomic mass is 16.4. The number of carboxylic acid groups (broad SMARTS) is 2. The number of aliphatic hydroxyl groups excluding tert-OH is 1. The Balaban J connectivity index is 1.89. The van der Waals surface area contributed by atoms with E-state index < -0.39 is 30.1 Å². The summed E-state index contributed by atoms with van der Waals surface area (Å²) in [5, 5.41) is 28.9. The average molecular weight is 269 g/mol. The van der Waals surface area contributed by atoms with Gasteiger partial charge in [-0.25, -0.2) is 9.59 Å². The summed E-state index contributed by atoms with van der Waals surface area (Å²) in [6.07, 6.45) is 2.57. The van der Waals surface area contributed by atoms with Gasteiger partial charge in [0.05, 0.1) is 6.10 Å². The fourth-order valence-electron chi connectivity index (χ4n) is 3.99. The highest BCUT2D eigenvalue weighted by Gasteiger charge is 2.57. The molecule has 1 amide bonds. The van der Waals surface area contributed by atoms with Crippen molar-refractivity contribution in [2.75, 3.05) is 0 Å². The zero-order valence-corrected chi connectivity index (χ0v) is 10.6. The molecule has 0 spiro atoms. The molecule has 0 radical (unpaired) electrons. The van der Waals surface area contributed by atoms with Crippen LogP contribution in [-0.2, 0) is 4.79 Å². The fraction of sp³-hybridized carbons (Fsp3) is 0.846. The lowest BCUT2D eigenvalue weighted by atomic mass is 9.65. The zero-order chi connectivity index (χ0) is 13.7. The highest BCUT2D eigenvalue weighted by molar-refractivity contribution is 5.80. The lowest BCUT2D eigenvalue weighted by molar-refractivity contribution is -0.167. The number of aliphatic hydroxyl groups is 1. The van der Waals surface area contributed by atoms with Gasteiger partial charge in [-0.05, 0) is 25.2 Å². The number of piperidine rings is 2. The molecule has 2 aliphatic carbocycles. The number of fused-ring (bicyclic) bond motifs is 3. The molecule has 19 heavy (non-hydrogen) atoms. The van der Waals surface area contributed by atoms with Gasteiger partial charge in [-0.3, -0.25) is 4.90 Å². The molecule has 5 atom stereocenters. The van der Waals surface area contributed by atoms with Crippen molar-refractivity contribution in [1.29, 1.82) is 0 Å². The quantitative estimate of drug-likeness (QED) is 0.709. The summed E-state index contributed by atoms with van der Waals surface area (Å²) in [5.74, 6) is -1.08. The van der Waals surface area contributed by atoms with E-state index in [1.807, 2.05) is 0 Å². The molecule has 106 valence electrons. The van der Waals surface area contributed by atoms with Crippen LogP contribution in [0.5, 0.6) is 0 Å². The van der Waals surface area contributed by atoms with Crippen LogP contribution in [0.3, 0.4) is 0 Å². The molecular formula is C13H19NO5. The topological polar surface area (TPSA) is 98.1 Å². The van der Waals surface area contributed by atoms with E-state index in [1.54, 1.807) is 0 Å². The van der Waals surface area contributed by atoms with Gasteiger partial charge in [-0.2, -0.15) is 0 Å². The Morgan fingerprint density at radius 2 is 1.79 bits per heavy atom. The molecule has 6 nitrogen and oxygen atoms in total. The summed E-state index contributed by atoms with van der Waals surface area (Å²) in [4.78, 5) is 23.8. The molecule has 1 unspecified atom stereocenters. The number of nitrogens with zero attached hydrogens (tertiary/aromatic N) is 1. The Hall–Kier alpha value is -1.30. The number of carbonyl (C=O) groups is 2. The van der Waals surface area contributed by atoms with E-state index in [1.165, 1.54) is 0 Å². The van der Waals surface area contributed by atoms with Gasteiger partial charge in [0.25, 0.3) is 0 Å². The van der Waals surface area contributed by atoms with Crippen molar-refractivity contribution in [2.24, 2.45) is 17.8 Å². The number of hydrogen-bond acceptors (Lipinski definition) is 3. The first-order chi connectivity index (χ1) is 9.00. The number of hydrogen-bond donors (Lipinski definition) is 3. The van der Waals surface area contributed by atoms with E-state index in [2.05, 4.69) is 0 Å². The molecule has 3 N–H and O–H groups in total. The first-order valence-corrected chi connectivity index (χ1v) is 6.93. The van der Waals surface area contributed by atoms with Crippen molar-refractivity contribution < 1.29 is 24.9 Å². The SMILES string of the molecule is O=C(O)[C@@H]1[C@@H]2CC[C@@H](C(CC3CC3)[C@@H]2O)N1C(=O)O. The van der Waals surface area contributed by atoms with Gasteiger partial charge in [0.15, 0.2) is 0 Å². The van der Waals surface area contributed by atoms with Crippen LogP contribution in [0.4, 0.5) is 4.79 Å². The van der Waals surface area contributed by atoms with Crippen LogP contribution in [0.15, 0.2) is 0 Å². The van der Waals surface area contributed by atoms with Crippen molar-refractivity contribution in [3.63, 3.8) is 0 Å².